The van der Waals surface area contributed by atoms with E-state index in [1.165, 1.54) is 12.1 Å². The SMILES string of the molecule is CCc1ccc(C2=C(NC(=O)CS(C)(=O)=O)C(=O)NC(c3ccc(OCCCCCC(F)(F)F)cc3)(C(F)(F)F)C2)s1. The smallest absolute Gasteiger partial charge is 0.416 e. The fourth-order valence-corrected chi connectivity index (χ4v) is 5.96. The van der Waals surface area contributed by atoms with Crippen LogP contribution < -0.4 is 15.4 Å². The van der Waals surface area contributed by atoms with Crippen LogP contribution in [0.15, 0.2) is 42.1 Å². The number of aryl methyl sites for hydroxylation is 1. The van der Waals surface area contributed by atoms with Crippen LogP contribution in [-0.2, 0) is 31.4 Å². The van der Waals surface area contributed by atoms with Crippen LogP contribution >= 0.6 is 11.3 Å². The molecule has 15 heteroatoms. The Balaban J connectivity index is 1.90. The fraction of sp³-hybridized carbons (Fsp3) is 0.481. The van der Waals surface area contributed by atoms with Crippen molar-refractivity contribution in [3.63, 3.8) is 0 Å². The summed E-state index contributed by atoms with van der Waals surface area (Å²) in [7, 11) is -3.79. The average Bonchev–Trinajstić information content (AvgIpc) is 3.34. The largest absolute Gasteiger partial charge is 0.494 e. The van der Waals surface area contributed by atoms with Gasteiger partial charge in [-0.15, -0.1) is 11.3 Å². The van der Waals surface area contributed by atoms with Crippen LogP contribution in [0.2, 0.25) is 0 Å². The van der Waals surface area contributed by atoms with Crippen molar-refractivity contribution >= 4 is 38.6 Å². The lowest BCUT2D eigenvalue weighted by atomic mass is 9.79. The van der Waals surface area contributed by atoms with E-state index >= 15 is 0 Å². The third-order valence-electron chi connectivity index (χ3n) is 6.47. The molecule has 0 saturated carbocycles. The van der Waals surface area contributed by atoms with E-state index in [-0.39, 0.29) is 36.3 Å². The molecule has 7 nitrogen and oxygen atoms in total. The van der Waals surface area contributed by atoms with Crippen molar-refractivity contribution in [3.8, 4) is 5.75 Å². The lowest BCUT2D eigenvalue weighted by molar-refractivity contribution is -0.201. The molecule has 1 atom stereocenters. The maximum Gasteiger partial charge on any atom is 0.416 e. The molecule has 232 valence electrons. The Morgan fingerprint density at radius 2 is 1.71 bits per heavy atom. The highest BCUT2D eigenvalue weighted by molar-refractivity contribution is 7.91. The molecule has 0 fully saturated rings. The molecule has 2 N–H and O–H groups in total. The van der Waals surface area contributed by atoms with E-state index in [1.807, 2.05) is 12.2 Å². The van der Waals surface area contributed by atoms with Crippen LogP contribution in [0.5, 0.6) is 5.75 Å². The normalized spacial score (nSPS) is 18.1. The zero-order valence-electron chi connectivity index (χ0n) is 22.7. The molecule has 1 unspecified atom stereocenters. The van der Waals surface area contributed by atoms with Gasteiger partial charge in [-0.3, -0.25) is 9.59 Å². The van der Waals surface area contributed by atoms with Gasteiger partial charge < -0.3 is 15.4 Å². The van der Waals surface area contributed by atoms with Crippen LogP contribution in [0.25, 0.3) is 5.57 Å². The molecular weight excluding hydrogens is 610 g/mol. The Kier molecular flexibility index (Phi) is 10.4. The number of ether oxygens (including phenoxy) is 1. The number of unbranched alkanes of at least 4 members (excludes halogenated alkanes) is 2. The molecule has 0 aliphatic carbocycles. The number of amides is 2. The van der Waals surface area contributed by atoms with Crippen LogP contribution in [0.4, 0.5) is 26.3 Å². The van der Waals surface area contributed by atoms with Gasteiger partial charge in [0.1, 0.15) is 17.2 Å². The Hall–Kier alpha value is -3.07. The van der Waals surface area contributed by atoms with Crippen molar-refractivity contribution in [1.82, 2.24) is 10.6 Å². The number of rotatable bonds is 12. The number of hydrogen-bond acceptors (Lipinski definition) is 6. The highest BCUT2D eigenvalue weighted by Gasteiger charge is 2.59. The number of halogens is 6. The van der Waals surface area contributed by atoms with Crippen molar-refractivity contribution in [1.29, 1.82) is 0 Å². The van der Waals surface area contributed by atoms with Gasteiger partial charge in [-0.25, -0.2) is 8.42 Å². The van der Waals surface area contributed by atoms with E-state index < -0.39 is 63.8 Å². The second-order valence-corrected chi connectivity index (χ2v) is 13.2. The predicted octanol–water partition coefficient (Wildman–Crippen LogP) is 5.66. The lowest BCUT2D eigenvalue weighted by Gasteiger charge is -2.41. The zero-order chi connectivity index (χ0) is 31.3. The quantitative estimate of drug-likeness (QED) is 0.230. The molecule has 0 radical (unpaired) electrons. The Labute approximate surface area is 243 Å². The average molecular weight is 641 g/mol. The molecular formula is C27H30F6N2O5S2. The summed E-state index contributed by atoms with van der Waals surface area (Å²) in [6.07, 6.45) is -9.02. The second kappa shape index (κ2) is 13.1. The van der Waals surface area contributed by atoms with E-state index in [9.17, 15) is 44.3 Å². The number of thiophene rings is 1. The van der Waals surface area contributed by atoms with Crippen molar-refractivity contribution in [2.45, 2.75) is 63.3 Å². The van der Waals surface area contributed by atoms with Gasteiger partial charge >= 0.3 is 12.4 Å². The monoisotopic (exact) mass is 640 g/mol. The highest BCUT2D eigenvalue weighted by Crippen LogP contribution is 2.49. The van der Waals surface area contributed by atoms with Gasteiger partial charge in [-0.05, 0) is 55.5 Å². The summed E-state index contributed by atoms with van der Waals surface area (Å²) in [6, 6.07) is 8.08. The van der Waals surface area contributed by atoms with E-state index in [4.69, 9.17) is 4.74 Å². The van der Waals surface area contributed by atoms with E-state index in [2.05, 4.69) is 5.32 Å². The number of benzene rings is 1. The number of alkyl halides is 6. The molecule has 2 amide bonds. The fourth-order valence-electron chi connectivity index (χ4n) is 4.42. The van der Waals surface area contributed by atoms with Crippen LogP contribution in [0, 0.1) is 0 Å². The summed E-state index contributed by atoms with van der Waals surface area (Å²) in [5.74, 6) is -3.06. The summed E-state index contributed by atoms with van der Waals surface area (Å²) in [5, 5.41) is 4.21. The van der Waals surface area contributed by atoms with Gasteiger partial charge in [-0.2, -0.15) is 26.3 Å². The minimum atomic E-state index is -5.00. The molecule has 42 heavy (non-hydrogen) atoms. The first-order valence-electron chi connectivity index (χ1n) is 12.9. The number of sulfone groups is 1. The first kappa shape index (κ1) is 33.4. The van der Waals surface area contributed by atoms with Crippen molar-refractivity contribution in [2.24, 2.45) is 0 Å². The van der Waals surface area contributed by atoms with Gasteiger partial charge in [0.05, 0.1) is 6.61 Å². The van der Waals surface area contributed by atoms with Gasteiger partial charge in [-0.1, -0.05) is 19.1 Å². The van der Waals surface area contributed by atoms with E-state index in [1.54, 1.807) is 12.1 Å². The second-order valence-electron chi connectivity index (χ2n) is 9.92. The molecule has 2 aromatic rings. The molecule has 3 rings (SSSR count). The summed E-state index contributed by atoms with van der Waals surface area (Å²) >= 11 is 1.15. The highest BCUT2D eigenvalue weighted by atomic mass is 32.2. The molecule has 0 spiro atoms. The molecule has 1 aliphatic rings. The van der Waals surface area contributed by atoms with Crippen molar-refractivity contribution in [3.05, 3.63) is 57.4 Å². The molecule has 1 aliphatic heterocycles. The summed E-state index contributed by atoms with van der Waals surface area (Å²) in [4.78, 5) is 26.7. The zero-order valence-corrected chi connectivity index (χ0v) is 24.4. The standard InChI is InChI=1S/C27H30F6N2O5S2/c1-3-19-11-12-21(41-19)20-15-25(27(31,32)33,35-24(37)23(20)34-22(36)16-42(2,38)39)17-7-9-18(10-8-17)40-14-6-4-5-13-26(28,29)30/h7-12H,3-6,13-16H2,1-2H3,(H,34,36)(H,35,37). The van der Waals surface area contributed by atoms with Crippen molar-refractivity contribution in [2.75, 3.05) is 18.6 Å². The Morgan fingerprint density at radius 3 is 2.26 bits per heavy atom. The molecule has 0 bridgehead atoms. The summed E-state index contributed by atoms with van der Waals surface area (Å²) in [5.41, 5.74) is -3.76. The maximum atomic E-state index is 14.8. The van der Waals surface area contributed by atoms with Crippen LogP contribution in [0.3, 0.4) is 0 Å². The Bertz CT molecular complexity index is 1420. The topological polar surface area (TPSA) is 102 Å². The molecule has 2 heterocycles. The van der Waals surface area contributed by atoms with Gasteiger partial charge in [0, 0.05) is 34.4 Å². The molecule has 0 saturated heterocycles. The number of nitrogens with one attached hydrogen (secondary N) is 2. The van der Waals surface area contributed by atoms with Gasteiger partial charge in [0.25, 0.3) is 5.91 Å². The predicted molar refractivity (Wildman–Crippen MR) is 145 cm³/mol. The van der Waals surface area contributed by atoms with Gasteiger partial charge in [0.2, 0.25) is 5.91 Å². The number of carbonyl (C=O) groups excluding carboxylic acids is 2. The minimum Gasteiger partial charge on any atom is -0.494 e. The van der Waals surface area contributed by atoms with E-state index in [0.29, 0.717) is 17.7 Å². The first-order valence-corrected chi connectivity index (χ1v) is 15.8. The van der Waals surface area contributed by atoms with Crippen molar-refractivity contribution < 1.29 is 49.1 Å². The van der Waals surface area contributed by atoms with E-state index in [0.717, 1.165) is 34.6 Å². The first-order chi connectivity index (χ1) is 19.4. The lowest BCUT2D eigenvalue weighted by Crippen LogP contribution is -2.60. The summed E-state index contributed by atoms with van der Waals surface area (Å²) in [6.45, 7) is 1.92. The maximum absolute atomic E-state index is 14.8. The van der Waals surface area contributed by atoms with Gasteiger partial charge in [0.15, 0.2) is 15.4 Å². The number of carbonyl (C=O) groups is 2. The third-order valence-corrected chi connectivity index (χ3v) is 8.54. The Morgan fingerprint density at radius 1 is 1.05 bits per heavy atom. The minimum absolute atomic E-state index is 0.0594. The van der Waals surface area contributed by atoms with Crippen LogP contribution in [0.1, 0.15) is 54.3 Å². The van der Waals surface area contributed by atoms with Crippen LogP contribution in [-0.4, -0.2) is 51.2 Å². The third kappa shape index (κ3) is 8.72. The number of hydrogen-bond donors (Lipinski definition) is 2. The molecule has 1 aromatic carbocycles. The summed E-state index contributed by atoms with van der Waals surface area (Å²) < 4.78 is 110. The molecule has 1 aromatic heterocycles.